The summed E-state index contributed by atoms with van der Waals surface area (Å²) in [5.41, 5.74) is 1.48. The van der Waals surface area contributed by atoms with E-state index < -0.39 is 0 Å². The third-order valence-electron chi connectivity index (χ3n) is 3.49. The zero-order valence-electron chi connectivity index (χ0n) is 11.5. The van der Waals surface area contributed by atoms with Crippen molar-refractivity contribution >= 4 is 11.3 Å². The maximum atomic E-state index is 5.64. The number of ether oxygens (including phenoxy) is 2. The molecule has 1 aliphatic heterocycles. The third kappa shape index (κ3) is 3.12. The Bertz CT molecular complexity index is 360. The van der Waals surface area contributed by atoms with Crippen LogP contribution in [0.15, 0.2) is 11.4 Å². The SMILES string of the molecule is CCOC(CN1CCc2sccc2C1C)OCC. The van der Waals surface area contributed by atoms with Crippen LogP contribution in [-0.4, -0.2) is 37.5 Å². The molecule has 4 heteroatoms. The fourth-order valence-corrected chi connectivity index (χ4v) is 3.49. The molecule has 0 fully saturated rings. The summed E-state index contributed by atoms with van der Waals surface area (Å²) in [6.07, 6.45) is 1.06. The van der Waals surface area contributed by atoms with Crippen LogP contribution in [0.3, 0.4) is 0 Å². The molecular formula is C14H23NO2S. The number of nitrogens with zero attached hydrogens (tertiary/aromatic N) is 1. The van der Waals surface area contributed by atoms with Gasteiger partial charge in [0.15, 0.2) is 6.29 Å². The van der Waals surface area contributed by atoms with Gasteiger partial charge >= 0.3 is 0 Å². The molecule has 2 rings (SSSR count). The highest BCUT2D eigenvalue weighted by Crippen LogP contribution is 2.32. The predicted octanol–water partition coefficient (Wildman–Crippen LogP) is 3.07. The van der Waals surface area contributed by atoms with Crippen molar-refractivity contribution in [3.63, 3.8) is 0 Å². The summed E-state index contributed by atoms with van der Waals surface area (Å²) < 4.78 is 11.3. The quantitative estimate of drug-likeness (QED) is 0.741. The van der Waals surface area contributed by atoms with Gasteiger partial charge in [-0.05, 0) is 44.2 Å². The summed E-state index contributed by atoms with van der Waals surface area (Å²) in [6.45, 7) is 9.68. The molecule has 1 unspecified atom stereocenters. The molecule has 1 aromatic rings. The van der Waals surface area contributed by atoms with E-state index in [0.717, 1.165) is 19.5 Å². The Hall–Kier alpha value is -0.420. The number of hydrogen-bond acceptors (Lipinski definition) is 4. The van der Waals surface area contributed by atoms with Gasteiger partial charge in [-0.15, -0.1) is 11.3 Å². The van der Waals surface area contributed by atoms with Crippen molar-refractivity contribution in [1.82, 2.24) is 4.90 Å². The number of rotatable bonds is 6. The summed E-state index contributed by atoms with van der Waals surface area (Å²) in [5, 5.41) is 2.20. The van der Waals surface area contributed by atoms with E-state index in [9.17, 15) is 0 Å². The van der Waals surface area contributed by atoms with Crippen LogP contribution in [0.5, 0.6) is 0 Å². The van der Waals surface area contributed by atoms with Gasteiger partial charge in [0, 0.05) is 30.7 Å². The van der Waals surface area contributed by atoms with Crippen LogP contribution in [-0.2, 0) is 15.9 Å². The van der Waals surface area contributed by atoms with Crippen LogP contribution in [0, 0.1) is 0 Å². The monoisotopic (exact) mass is 269 g/mol. The van der Waals surface area contributed by atoms with E-state index in [-0.39, 0.29) is 6.29 Å². The van der Waals surface area contributed by atoms with Crippen LogP contribution in [0.4, 0.5) is 0 Å². The highest BCUT2D eigenvalue weighted by atomic mass is 32.1. The topological polar surface area (TPSA) is 21.7 Å². The number of thiophene rings is 1. The second-order valence-corrected chi connectivity index (χ2v) is 5.56. The first kappa shape index (κ1) is 14.0. The molecule has 102 valence electrons. The van der Waals surface area contributed by atoms with Crippen molar-refractivity contribution in [2.45, 2.75) is 39.5 Å². The average molecular weight is 269 g/mol. The lowest BCUT2D eigenvalue weighted by molar-refractivity contribution is -0.150. The first-order valence-electron chi connectivity index (χ1n) is 6.79. The van der Waals surface area contributed by atoms with Gasteiger partial charge in [0.1, 0.15) is 0 Å². The molecule has 0 saturated carbocycles. The van der Waals surface area contributed by atoms with E-state index in [0.29, 0.717) is 19.3 Å². The average Bonchev–Trinajstić information content (AvgIpc) is 2.82. The van der Waals surface area contributed by atoms with Gasteiger partial charge in [-0.25, -0.2) is 0 Å². The molecule has 0 N–H and O–H groups in total. The maximum absolute atomic E-state index is 5.64. The lowest BCUT2D eigenvalue weighted by Crippen LogP contribution is -2.40. The highest BCUT2D eigenvalue weighted by Gasteiger charge is 2.26. The third-order valence-corrected chi connectivity index (χ3v) is 4.49. The number of hydrogen-bond donors (Lipinski definition) is 0. The minimum Gasteiger partial charge on any atom is -0.352 e. The number of fused-ring (bicyclic) bond motifs is 1. The highest BCUT2D eigenvalue weighted by molar-refractivity contribution is 7.10. The van der Waals surface area contributed by atoms with Gasteiger partial charge in [0.05, 0.1) is 6.54 Å². The molecule has 1 aliphatic rings. The Morgan fingerprint density at radius 2 is 2.11 bits per heavy atom. The molecule has 0 amide bonds. The van der Waals surface area contributed by atoms with Crippen LogP contribution < -0.4 is 0 Å². The van der Waals surface area contributed by atoms with Gasteiger partial charge in [-0.1, -0.05) is 0 Å². The predicted molar refractivity (Wildman–Crippen MR) is 75.1 cm³/mol. The molecular weight excluding hydrogens is 246 g/mol. The van der Waals surface area contributed by atoms with E-state index in [4.69, 9.17) is 9.47 Å². The molecule has 1 aromatic heterocycles. The Morgan fingerprint density at radius 1 is 1.39 bits per heavy atom. The van der Waals surface area contributed by atoms with Crippen molar-refractivity contribution < 1.29 is 9.47 Å². The first-order chi connectivity index (χ1) is 8.76. The summed E-state index contributed by atoms with van der Waals surface area (Å²) in [6, 6.07) is 2.73. The van der Waals surface area contributed by atoms with E-state index in [1.807, 2.05) is 25.2 Å². The summed E-state index contributed by atoms with van der Waals surface area (Å²) >= 11 is 1.88. The van der Waals surface area contributed by atoms with E-state index >= 15 is 0 Å². The molecule has 1 atom stereocenters. The van der Waals surface area contributed by atoms with Crippen molar-refractivity contribution in [3.05, 3.63) is 21.9 Å². The molecule has 18 heavy (non-hydrogen) atoms. The second-order valence-electron chi connectivity index (χ2n) is 4.56. The zero-order valence-corrected chi connectivity index (χ0v) is 12.3. The summed E-state index contributed by atoms with van der Waals surface area (Å²) in [4.78, 5) is 4.01. The fourth-order valence-electron chi connectivity index (χ4n) is 2.53. The summed E-state index contributed by atoms with van der Waals surface area (Å²) in [7, 11) is 0. The van der Waals surface area contributed by atoms with Crippen molar-refractivity contribution in [2.75, 3.05) is 26.3 Å². The molecule has 0 saturated heterocycles. The van der Waals surface area contributed by atoms with Crippen molar-refractivity contribution in [2.24, 2.45) is 0 Å². The standard InChI is InChI=1S/C14H23NO2S/c1-4-16-14(17-5-2)10-15-8-6-13-12(11(15)3)7-9-18-13/h7,9,11,14H,4-6,8,10H2,1-3H3. The molecule has 0 aromatic carbocycles. The molecule has 2 heterocycles. The minimum absolute atomic E-state index is 0.0948. The van der Waals surface area contributed by atoms with Crippen molar-refractivity contribution in [1.29, 1.82) is 0 Å². The maximum Gasteiger partial charge on any atom is 0.170 e. The lowest BCUT2D eigenvalue weighted by Gasteiger charge is -2.35. The molecule has 0 spiro atoms. The van der Waals surface area contributed by atoms with E-state index in [2.05, 4.69) is 23.3 Å². The Morgan fingerprint density at radius 3 is 2.78 bits per heavy atom. The molecule has 0 radical (unpaired) electrons. The van der Waals surface area contributed by atoms with E-state index in [1.165, 1.54) is 5.56 Å². The van der Waals surface area contributed by atoms with Gasteiger partial charge in [-0.3, -0.25) is 4.90 Å². The molecule has 3 nitrogen and oxygen atoms in total. The van der Waals surface area contributed by atoms with Crippen molar-refractivity contribution in [3.8, 4) is 0 Å². The first-order valence-corrected chi connectivity index (χ1v) is 7.67. The van der Waals surface area contributed by atoms with Crippen LogP contribution >= 0.6 is 11.3 Å². The van der Waals surface area contributed by atoms with Gasteiger partial charge in [-0.2, -0.15) is 0 Å². The lowest BCUT2D eigenvalue weighted by atomic mass is 10.0. The second kappa shape index (κ2) is 6.66. The van der Waals surface area contributed by atoms with Gasteiger partial charge in [0.2, 0.25) is 0 Å². The van der Waals surface area contributed by atoms with Crippen LogP contribution in [0.2, 0.25) is 0 Å². The van der Waals surface area contributed by atoms with E-state index in [1.54, 1.807) is 4.88 Å². The zero-order chi connectivity index (χ0) is 13.0. The Kier molecular flexibility index (Phi) is 5.18. The Labute approximate surface area is 114 Å². The van der Waals surface area contributed by atoms with Crippen LogP contribution in [0.25, 0.3) is 0 Å². The molecule has 0 bridgehead atoms. The molecule has 0 aliphatic carbocycles. The minimum atomic E-state index is -0.0948. The van der Waals surface area contributed by atoms with Gasteiger partial charge in [0.25, 0.3) is 0 Å². The summed E-state index contributed by atoms with van der Waals surface area (Å²) in [5.74, 6) is 0. The van der Waals surface area contributed by atoms with Crippen LogP contribution in [0.1, 0.15) is 37.3 Å². The van der Waals surface area contributed by atoms with Gasteiger partial charge < -0.3 is 9.47 Å². The smallest absolute Gasteiger partial charge is 0.170 e. The normalized spacial score (nSPS) is 20.3. The largest absolute Gasteiger partial charge is 0.352 e. The fraction of sp³-hybridized carbons (Fsp3) is 0.714. The Balaban J connectivity index is 1.97.